The van der Waals surface area contributed by atoms with E-state index in [1.165, 1.54) is 18.3 Å². The quantitative estimate of drug-likeness (QED) is 0.884. The second-order valence-corrected chi connectivity index (χ2v) is 6.46. The fourth-order valence-electron chi connectivity index (χ4n) is 1.94. The Morgan fingerprint density at radius 2 is 2.32 bits per heavy atom. The molecule has 0 saturated carbocycles. The standard InChI is InChI=1S/C12H15N3O3S/c1-9-12(2,5-6-18-9)15-19(16,17)11-4-3-10(7-13)14-8-11/h3-4,8-9,15H,5-6H2,1-2H3. The van der Waals surface area contributed by atoms with Gasteiger partial charge in [-0.1, -0.05) is 0 Å². The first-order chi connectivity index (χ1) is 8.87. The molecule has 1 aromatic rings. The minimum atomic E-state index is -3.66. The minimum absolute atomic E-state index is 0.0480. The fraction of sp³-hybridized carbons (Fsp3) is 0.500. The fourth-order valence-corrected chi connectivity index (χ4v) is 3.38. The maximum absolute atomic E-state index is 12.2. The van der Waals surface area contributed by atoms with Gasteiger partial charge >= 0.3 is 0 Å². The average molecular weight is 281 g/mol. The lowest BCUT2D eigenvalue weighted by molar-refractivity contribution is 0.0957. The predicted octanol–water partition coefficient (Wildman–Crippen LogP) is 0.799. The summed E-state index contributed by atoms with van der Waals surface area (Å²) < 4.78 is 32.6. The number of hydrogen-bond acceptors (Lipinski definition) is 5. The molecule has 1 aromatic heterocycles. The van der Waals surface area contributed by atoms with Crippen molar-refractivity contribution in [3.8, 4) is 6.07 Å². The molecule has 0 spiro atoms. The molecule has 6 nitrogen and oxygen atoms in total. The first-order valence-electron chi connectivity index (χ1n) is 5.89. The van der Waals surface area contributed by atoms with Gasteiger partial charge in [0, 0.05) is 12.8 Å². The molecule has 1 aliphatic heterocycles. The molecule has 1 aliphatic rings. The molecule has 2 atom stereocenters. The van der Waals surface area contributed by atoms with Gasteiger partial charge in [0.1, 0.15) is 16.7 Å². The van der Waals surface area contributed by atoms with Crippen molar-refractivity contribution in [1.82, 2.24) is 9.71 Å². The van der Waals surface area contributed by atoms with E-state index < -0.39 is 15.6 Å². The van der Waals surface area contributed by atoms with E-state index in [2.05, 4.69) is 9.71 Å². The highest BCUT2D eigenvalue weighted by Crippen LogP contribution is 2.27. The molecule has 1 fully saturated rings. The number of rotatable bonds is 3. The molecular weight excluding hydrogens is 266 g/mol. The summed E-state index contributed by atoms with van der Waals surface area (Å²) in [6, 6.07) is 4.60. The summed E-state index contributed by atoms with van der Waals surface area (Å²) >= 11 is 0. The third-order valence-corrected chi connectivity index (χ3v) is 5.01. The Balaban J connectivity index is 2.25. The van der Waals surface area contributed by atoms with E-state index in [9.17, 15) is 8.42 Å². The summed E-state index contributed by atoms with van der Waals surface area (Å²) in [5.41, 5.74) is -0.435. The van der Waals surface area contributed by atoms with E-state index in [4.69, 9.17) is 10.00 Å². The van der Waals surface area contributed by atoms with Crippen molar-refractivity contribution in [2.45, 2.75) is 36.8 Å². The van der Waals surface area contributed by atoms with Crippen LogP contribution in [0.5, 0.6) is 0 Å². The lowest BCUT2D eigenvalue weighted by Crippen LogP contribution is -2.50. The molecule has 1 N–H and O–H groups in total. The van der Waals surface area contributed by atoms with Crippen molar-refractivity contribution >= 4 is 10.0 Å². The highest BCUT2D eigenvalue weighted by Gasteiger charge is 2.40. The van der Waals surface area contributed by atoms with E-state index in [0.29, 0.717) is 13.0 Å². The number of pyridine rings is 1. The molecule has 0 radical (unpaired) electrons. The van der Waals surface area contributed by atoms with Gasteiger partial charge in [0.2, 0.25) is 10.0 Å². The Bertz CT molecular complexity index is 606. The van der Waals surface area contributed by atoms with Crippen LogP contribution in [0.4, 0.5) is 0 Å². The summed E-state index contributed by atoms with van der Waals surface area (Å²) in [4.78, 5) is 3.82. The zero-order valence-corrected chi connectivity index (χ0v) is 11.6. The third kappa shape index (κ3) is 2.76. The Labute approximate surface area is 112 Å². The maximum atomic E-state index is 12.2. The Morgan fingerprint density at radius 1 is 1.58 bits per heavy atom. The topological polar surface area (TPSA) is 92.1 Å². The number of ether oxygens (including phenoxy) is 1. The van der Waals surface area contributed by atoms with Crippen LogP contribution in [0.15, 0.2) is 23.2 Å². The lowest BCUT2D eigenvalue weighted by atomic mass is 9.97. The van der Waals surface area contributed by atoms with Crippen molar-refractivity contribution in [1.29, 1.82) is 5.26 Å². The first kappa shape index (κ1) is 13.9. The molecule has 7 heteroatoms. The number of aromatic nitrogens is 1. The van der Waals surface area contributed by atoms with E-state index in [-0.39, 0.29) is 16.7 Å². The summed E-state index contributed by atoms with van der Waals surface area (Å²) in [5, 5.41) is 8.64. The number of hydrogen-bond donors (Lipinski definition) is 1. The summed E-state index contributed by atoms with van der Waals surface area (Å²) in [6.45, 7) is 4.19. The number of nitrogens with one attached hydrogen (secondary N) is 1. The molecule has 0 amide bonds. The third-order valence-electron chi connectivity index (χ3n) is 3.42. The smallest absolute Gasteiger partial charge is 0.242 e. The average Bonchev–Trinajstić information content (AvgIpc) is 2.68. The van der Waals surface area contributed by atoms with E-state index in [1.54, 1.807) is 0 Å². The van der Waals surface area contributed by atoms with Crippen LogP contribution in [0.1, 0.15) is 26.0 Å². The lowest BCUT2D eigenvalue weighted by Gasteiger charge is -2.28. The van der Waals surface area contributed by atoms with Crippen LogP contribution in [0.3, 0.4) is 0 Å². The summed E-state index contributed by atoms with van der Waals surface area (Å²) in [5.74, 6) is 0. The minimum Gasteiger partial charge on any atom is -0.376 e. The van der Waals surface area contributed by atoms with E-state index >= 15 is 0 Å². The van der Waals surface area contributed by atoms with Crippen LogP contribution >= 0.6 is 0 Å². The van der Waals surface area contributed by atoms with Gasteiger partial charge in [0.05, 0.1) is 11.6 Å². The van der Waals surface area contributed by atoms with Crippen LogP contribution in [0.2, 0.25) is 0 Å². The van der Waals surface area contributed by atoms with Gasteiger partial charge in [-0.25, -0.2) is 18.1 Å². The second-order valence-electron chi connectivity index (χ2n) is 4.78. The zero-order chi connectivity index (χ0) is 14.1. The van der Waals surface area contributed by atoms with Crippen LogP contribution < -0.4 is 4.72 Å². The monoisotopic (exact) mass is 281 g/mol. The molecule has 0 aromatic carbocycles. The molecule has 0 aliphatic carbocycles. The Hall–Kier alpha value is -1.49. The number of nitriles is 1. The van der Waals surface area contributed by atoms with Gasteiger partial charge in [-0.3, -0.25) is 0 Å². The van der Waals surface area contributed by atoms with Gasteiger partial charge in [-0.05, 0) is 32.4 Å². The van der Waals surface area contributed by atoms with Gasteiger partial charge in [0.15, 0.2) is 0 Å². The molecule has 2 heterocycles. The molecule has 19 heavy (non-hydrogen) atoms. The molecular formula is C12H15N3O3S. The number of nitrogens with zero attached hydrogens (tertiary/aromatic N) is 2. The Kier molecular flexibility index (Phi) is 3.58. The van der Waals surface area contributed by atoms with Crippen molar-refractivity contribution in [2.75, 3.05) is 6.61 Å². The largest absolute Gasteiger partial charge is 0.376 e. The summed E-state index contributed by atoms with van der Waals surface area (Å²) in [6.07, 6.45) is 1.62. The molecule has 2 unspecified atom stereocenters. The molecule has 2 rings (SSSR count). The van der Waals surface area contributed by atoms with E-state index in [0.717, 1.165) is 0 Å². The van der Waals surface area contributed by atoms with Crippen LogP contribution in [0, 0.1) is 11.3 Å². The normalized spacial score (nSPS) is 27.1. The van der Waals surface area contributed by atoms with Crippen molar-refractivity contribution < 1.29 is 13.2 Å². The van der Waals surface area contributed by atoms with Crippen LogP contribution in [-0.4, -0.2) is 31.7 Å². The molecule has 0 bridgehead atoms. The number of sulfonamides is 1. The van der Waals surface area contributed by atoms with E-state index in [1.807, 2.05) is 19.9 Å². The van der Waals surface area contributed by atoms with Crippen LogP contribution in [-0.2, 0) is 14.8 Å². The summed E-state index contributed by atoms with van der Waals surface area (Å²) in [7, 11) is -3.66. The predicted molar refractivity (Wildman–Crippen MR) is 67.7 cm³/mol. The second kappa shape index (κ2) is 4.89. The van der Waals surface area contributed by atoms with Gasteiger partial charge < -0.3 is 4.74 Å². The van der Waals surface area contributed by atoms with Crippen molar-refractivity contribution in [3.05, 3.63) is 24.0 Å². The highest BCUT2D eigenvalue weighted by molar-refractivity contribution is 7.89. The van der Waals surface area contributed by atoms with Crippen LogP contribution in [0.25, 0.3) is 0 Å². The highest BCUT2D eigenvalue weighted by atomic mass is 32.2. The van der Waals surface area contributed by atoms with Gasteiger partial charge in [-0.2, -0.15) is 5.26 Å². The molecule has 102 valence electrons. The van der Waals surface area contributed by atoms with Crippen molar-refractivity contribution in [3.63, 3.8) is 0 Å². The van der Waals surface area contributed by atoms with Gasteiger partial charge in [0.25, 0.3) is 0 Å². The SMILES string of the molecule is CC1OCCC1(C)NS(=O)(=O)c1ccc(C#N)nc1. The van der Waals surface area contributed by atoms with Crippen molar-refractivity contribution in [2.24, 2.45) is 0 Å². The molecule has 1 saturated heterocycles. The zero-order valence-electron chi connectivity index (χ0n) is 10.8. The van der Waals surface area contributed by atoms with Gasteiger partial charge in [-0.15, -0.1) is 0 Å². The Morgan fingerprint density at radius 3 is 2.79 bits per heavy atom. The first-order valence-corrected chi connectivity index (χ1v) is 7.37. The maximum Gasteiger partial charge on any atom is 0.242 e.